The van der Waals surface area contributed by atoms with Gasteiger partial charge in [-0.25, -0.2) is 4.57 Å². The Morgan fingerprint density at radius 3 is 1.79 bits per heavy atom. The number of phosphoric ester groups is 1. The van der Waals surface area contributed by atoms with Gasteiger partial charge < -0.3 is 20.5 Å². The molecule has 0 saturated heterocycles. The second kappa shape index (κ2) is 26.5. The van der Waals surface area contributed by atoms with E-state index in [9.17, 15) is 19.4 Å². The number of hydrogen-bond donors (Lipinski definition) is 3. The molecule has 0 rings (SSSR count). The number of hydrogen-bond acceptors (Lipinski definition) is 7. The van der Waals surface area contributed by atoms with Gasteiger partial charge >= 0.3 is 13.8 Å². The highest BCUT2D eigenvalue weighted by Crippen LogP contribution is 2.42. The minimum absolute atomic E-state index is 0.0637. The lowest BCUT2D eigenvalue weighted by Crippen LogP contribution is -2.23. The topological polar surface area (TPSA) is 128 Å². The number of ether oxygens (including phenoxy) is 1. The molecule has 0 aromatic heterocycles. The number of carbonyl (C=O) groups excluding carboxylic acids is 1. The summed E-state index contributed by atoms with van der Waals surface area (Å²) in [6, 6.07) is 0. The lowest BCUT2D eigenvalue weighted by Gasteiger charge is -2.15. The quantitative estimate of drug-likeness (QED) is 0.0554. The molecule has 0 bridgehead atoms. The molecule has 0 aromatic carbocycles. The first-order valence-corrected chi connectivity index (χ1v) is 15.0. The highest BCUT2D eigenvalue weighted by molar-refractivity contribution is 7.47. The fraction of sp³-hybridized carbons (Fsp3) is 0.552. The van der Waals surface area contributed by atoms with Gasteiger partial charge in [0, 0.05) is 13.0 Å². The smallest absolute Gasteiger partial charge is 0.463 e. The Morgan fingerprint density at radius 2 is 1.29 bits per heavy atom. The molecule has 0 fully saturated rings. The Bertz CT molecular complexity index is 803. The van der Waals surface area contributed by atoms with Gasteiger partial charge in [0.05, 0.1) is 13.2 Å². The van der Waals surface area contributed by atoms with E-state index in [0.29, 0.717) is 6.42 Å². The predicted molar refractivity (Wildman–Crippen MR) is 154 cm³/mol. The normalized spacial score (nSPS) is 15.2. The number of phosphoric acid groups is 1. The number of esters is 1. The first-order valence-electron chi connectivity index (χ1n) is 13.5. The molecule has 0 aliphatic rings. The summed E-state index contributed by atoms with van der Waals surface area (Å²) in [5, 5.41) is 9.69. The van der Waals surface area contributed by atoms with Crippen molar-refractivity contribution in [3.05, 3.63) is 72.9 Å². The minimum Gasteiger partial charge on any atom is -0.463 e. The van der Waals surface area contributed by atoms with Crippen LogP contribution in [-0.4, -0.2) is 48.4 Å². The van der Waals surface area contributed by atoms with Crippen LogP contribution in [0.15, 0.2) is 72.9 Å². The van der Waals surface area contributed by atoms with Gasteiger partial charge in [-0.05, 0) is 57.8 Å². The molecule has 38 heavy (non-hydrogen) atoms. The summed E-state index contributed by atoms with van der Waals surface area (Å²) in [5.41, 5.74) is 5.17. The number of nitrogens with two attached hydrogens (primary N) is 1. The average Bonchev–Trinajstić information content (AvgIpc) is 2.90. The van der Waals surface area contributed by atoms with Crippen molar-refractivity contribution in [3.8, 4) is 0 Å². The van der Waals surface area contributed by atoms with E-state index in [1.54, 1.807) is 0 Å². The fourth-order valence-electron chi connectivity index (χ4n) is 2.87. The van der Waals surface area contributed by atoms with Crippen LogP contribution in [0.4, 0.5) is 0 Å². The van der Waals surface area contributed by atoms with Crippen molar-refractivity contribution in [3.63, 3.8) is 0 Å². The lowest BCUT2D eigenvalue weighted by atomic mass is 10.2. The van der Waals surface area contributed by atoms with Gasteiger partial charge in [0.1, 0.15) is 12.7 Å². The summed E-state index contributed by atoms with van der Waals surface area (Å²) in [4.78, 5) is 21.1. The van der Waals surface area contributed by atoms with Gasteiger partial charge in [0.15, 0.2) is 0 Å². The standard InChI is InChI=1S/C29H48NO7P/c1-2-3-4-5-6-7-8-9-10-11-12-13-14-15-16-17-18-19-20-21-22-23-29(32)35-26-28(31)27-37-38(33,34)36-25-24-30/h3-4,6-7,9-10,12-13,15-16,18-19,28,31H,2,5,8,11,14,17,20-27,30H2,1H3,(H,33,34)/b4-3-,7-6-,10-9-,13-12-,16-15-,19-18-. The third-order valence-corrected chi connectivity index (χ3v) is 5.82. The van der Waals surface area contributed by atoms with Crippen LogP contribution in [0.5, 0.6) is 0 Å². The number of aliphatic hydroxyl groups is 1. The zero-order valence-corrected chi connectivity index (χ0v) is 23.8. The van der Waals surface area contributed by atoms with E-state index < -0.39 is 26.5 Å². The van der Waals surface area contributed by atoms with Crippen molar-refractivity contribution >= 4 is 13.8 Å². The first kappa shape index (κ1) is 35.9. The Morgan fingerprint density at radius 1 is 0.789 bits per heavy atom. The highest BCUT2D eigenvalue weighted by atomic mass is 31.2. The Balaban J connectivity index is 3.67. The van der Waals surface area contributed by atoms with Crippen LogP contribution in [-0.2, 0) is 23.1 Å². The minimum atomic E-state index is -4.26. The second-order valence-corrected chi connectivity index (χ2v) is 9.84. The number of allylic oxidation sites excluding steroid dienone is 12. The predicted octanol–water partition coefficient (Wildman–Crippen LogP) is 6.24. The van der Waals surface area contributed by atoms with Gasteiger partial charge in [-0.3, -0.25) is 13.8 Å². The average molecular weight is 554 g/mol. The van der Waals surface area contributed by atoms with Crippen LogP contribution < -0.4 is 5.73 Å². The van der Waals surface area contributed by atoms with Gasteiger partial charge in [-0.2, -0.15) is 0 Å². The number of rotatable bonds is 24. The molecule has 8 nitrogen and oxygen atoms in total. The van der Waals surface area contributed by atoms with E-state index in [2.05, 4.69) is 88.9 Å². The van der Waals surface area contributed by atoms with Crippen LogP contribution in [0, 0.1) is 0 Å². The number of carbonyl (C=O) groups is 1. The van der Waals surface area contributed by atoms with Crippen molar-refractivity contribution in [2.75, 3.05) is 26.4 Å². The Hall–Kier alpha value is -2.06. The largest absolute Gasteiger partial charge is 0.472 e. The lowest BCUT2D eigenvalue weighted by molar-refractivity contribution is -0.147. The molecule has 0 aliphatic carbocycles. The summed E-state index contributed by atoms with van der Waals surface area (Å²) in [5.74, 6) is -0.432. The summed E-state index contributed by atoms with van der Waals surface area (Å²) in [6.45, 7) is 1.25. The van der Waals surface area contributed by atoms with Crippen molar-refractivity contribution in [2.45, 2.75) is 77.2 Å². The van der Waals surface area contributed by atoms with E-state index in [1.807, 2.05) is 0 Å². The van der Waals surface area contributed by atoms with Crippen molar-refractivity contribution in [1.82, 2.24) is 0 Å². The van der Waals surface area contributed by atoms with E-state index >= 15 is 0 Å². The molecule has 0 radical (unpaired) electrons. The van der Waals surface area contributed by atoms with E-state index in [0.717, 1.165) is 51.4 Å². The number of aliphatic hydroxyl groups excluding tert-OH is 1. The summed E-state index contributed by atoms with van der Waals surface area (Å²) in [7, 11) is -4.26. The van der Waals surface area contributed by atoms with Crippen molar-refractivity contribution < 1.29 is 33.1 Å². The molecular formula is C29H48NO7P. The van der Waals surface area contributed by atoms with Gasteiger partial charge in [0.2, 0.25) is 0 Å². The van der Waals surface area contributed by atoms with Crippen LogP contribution >= 0.6 is 7.82 Å². The van der Waals surface area contributed by atoms with Gasteiger partial charge in [-0.15, -0.1) is 0 Å². The van der Waals surface area contributed by atoms with Crippen LogP contribution in [0.25, 0.3) is 0 Å². The zero-order valence-electron chi connectivity index (χ0n) is 22.9. The summed E-state index contributed by atoms with van der Waals surface area (Å²) >= 11 is 0. The summed E-state index contributed by atoms with van der Waals surface area (Å²) in [6.07, 6.45) is 33.3. The molecule has 0 heterocycles. The SMILES string of the molecule is CC/C=C\C/C=C\C/C=C\C/C=C\C/C=C\C/C=C\CCCCC(=O)OCC(O)COP(=O)(O)OCCN. The summed E-state index contributed by atoms with van der Waals surface area (Å²) < 4.78 is 25.5. The monoisotopic (exact) mass is 553 g/mol. The van der Waals surface area contributed by atoms with Gasteiger partial charge in [0.25, 0.3) is 0 Å². The van der Waals surface area contributed by atoms with E-state index in [4.69, 9.17) is 10.5 Å². The molecule has 0 amide bonds. The Labute approximate surface area is 229 Å². The van der Waals surface area contributed by atoms with Crippen LogP contribution in [0.3, 0.4) is 0 Å². The molecule has 9 heteroatoms. The maximum atomic E-state index is 11.7. The maximum absolute atomic E-state index is 11.7. The maximum Gasteiger partial charge on any atom is 0.472 e. The molecular weight excluding hydrogens is 505 g/mol. The van der Waals surface area contributed by atoms with Crippen molar-refractivity contribution in [2.24, 2.45) is 5.73 Å². The molecule has 4 N–H and O–H groups in total. The number of unbranched alkanes of at least 4 members (excludes halogenated alkanes) is 2. The van der Waals surface area contributed by atoms with Crippen molar-refractivity contribution in [1.29, 1.82) is 0 Å². The van der Waals surface area contributed by atoms with Crippen LogP contribution in [0.2, 0.25) is 0 Å². The first-order chi connectivity index (χ1) is 18.4. The second-order valence-electron chi connectivity index (χ2n) is 8.38. The molecule has 0 spiro atoms. The third kappa shape index (κ3) is 27.0. The molecule has 2 atom stereocenters. The van der Waals surface area contributed by atoms with Gasteiger partial charge in [-0.1, -0.05) is 79.8 Å². The molecule has 216 valence electrons. The zero-order chi connectivity index (χ0) is 28.2. The third-order valence-electron chi connectivity index (χ3n) is 4.84. The Kier molecular flexibility index (Phi) is 25.1. The van der Waals surface area contributed by atoms with Crippen LogP contribution in [0.1, 0.15) is 71.1 Å². The van der Waals surface area contributed by atoms with E-state index in [1.165, 1.54) is 0 Å². The molecule has 0 aromatic rings. The fourth-order valence-corrected chi connectivity index (χ4v) is 3.64. The molecule has 2 unspecified atom stereocenters. The molecule has 0 aliphatic heterocycles. The highest BCUT2D eigenvalue weighted by Gasteiger charge is 2.22. The van der Waals surface area contributed by atoms with E-state index in [-0.39, 0.29) is 26.2 Å². The molecule has 0 saturated carbocycles.